The molecular weight excluding hydrogens is 234 g/mol. The quantitative estimate of drug-likeness (QED) is 0.765. The molecular formula is C13H19NO2S. The van der Waals surface area contributed by atoms with Crippen LogP contribution in [0.2, 0.25) is 0 Å². The van der Waals surface area contributed by atoms with Gasteiger partial charge in [-0.15, -0.1) is 0 Å². The van der Waals surface area contributed by atoms with Crippen LogP contribution in [0.1, 0.15) is 31.9 Å². The van der Waals surface area contributed by atoms with Crippen LogP contribution in [0.3, 0.4) is 0 Å². The van der Waals surface area contributed by atoms with E-state index in [0.29, 0.717) is 6.42 Å². The standard InChI is InChI=1S/C13H19NO2S/c1-10(7-11-3-2-6-16-11)14-12(15)8-13(9-17)4-5-13/h2-3,6,10,17H,4-5,7-9H2,1H3,(H,14,15). The lowest BCUT2D eigenvalue weighted by atomic mass is 10.0. The van der Waals surface area contributed by atoms with Gasteiger partial charge in [0.05, 0.1) is 6.26 Å². The Morgan fingerprint density at radius 2 is 2.41 bits per heavy atom. The van der Waals surface area contributed by atoms with Gasteiger partial charge in [-0.1, -0.05) is 0 Å². The lowest BCUT2D eigenvalue weighted by Crippen LogP contribution is -2.35. The van der Waals surface area contributed by atoms with Gasteiger partial charge in [-0.3, -0.25) is 4.79 Å². The SMILES string of the molecule is CC(Cc1ccco1)NC(=O)CC1(CS)CC1. The first kappa shape index (κ1) is 12.6. The maximum Gasteiger partial charge on any atom is 0.220 e. The summed E-state index contributed by atoms with van der Waals surface area (Å²) < 4.78 is 5.26. The van der Waals surface area contributed by atoms with Gasteiger partial charge >= 0.3 is 0 Å². The molecule has 1 heterocycles. The summed E-state index contributed by atoms with van der Waals surface area (Å²) in [6.07, 6.45) is 5.28. The van der Waals surface area contributed by atoms with Crippen molar-refractivity contribution >= 4 is 18.5 Å². The van der Waals surface area contributed by atoms with Crippen LogP contribution in [0.4, 0.5) is 0 Å². The highest BCUT2D eigenvalue weighted by atomic mass is 32.1. The Bertz CT molecular complexity index is 371. The molecule has 1 aliphatic rings. The number of nitrogens with one attached hydrogen (secondary N) is 1. The Hall–Kier alpha value is -0.900. The first-order chi connectivity index (χ1) is 8.13. The number of rotatable bonds is 6. The van der Waals surface area contributed by atoms with Crippen molar-refractivity contribution < 1.29 is 9.21 Å². The van der Waals surface area contributed by atoms with Crippen molar-refractivity contribution in [3.63, 3.8) is 0 Å². The molecule has 17 heavy (non-hydrogen) atoms. The summed E-state index contributed by atoms with van der Waals surface area (Å²) >= 11 is 4.31. The van der Waals surface area contributed by atoms with Crippen LogP contribution in [0.25, 0.3) is 0 Å². The van der Waals surface area contributed by atoms with E-state index in [4.69, 9.17) is 4.42 Å². The van der Waals surface area contributed by atoms with Gasteiger partial charge in [0.2, 0.25) is 5.91 Å². The molecule has 1 atom stereocenters. The molecule has 2 rings (SSSR count). The van der Waals surface area contributed by atoms with E-state index in [9.17, 15) is 4.79 Å². The zero-order valence-electron chi connectivity index (χ0n) is 10.1. The molecule has 1 saturated carbocycles. The molecule has 0 radical (unpaired) electrons. The predicted molar refractivity (Wildman–Crippen MR) is 70.2 cm³/mol. The summed E-state index contributed by atoms with van der Waals surface area (Å²) in [6.45, 7) is 2.00. The fraction of sp³-hybridized carbons (Fsp3) is 0.615. The first-order valence-electron chi connectivity index (χ1n) is 6.06. The number of hydrogen-bond donors (Lipinski definition) is 2. The number of hydrogen-bond acceptors (Lipinski definition) is 3. The lowest BCUT2D eigenvalue weighted by molar-refractivity contribution is -0.122. The average Bonchev–Trinajstić information content (AvgIpc) is 2.85. The number of furan rings is 1. The zero-order valence-corrected chi connectivity index (χ0v) is 11.0. The predicted octanol–water partition coefficient (Wildman–Crippen LogP) is 2.43. The molecule has 0 saturated heterocycles. The van der Waals surface area contributed by atoms with Crippen LogP contribution in [-0.4, -0.2) is 17.7 Å². The second-order valence-corrected chi connectivity index (χ2v) is 5.40. The Morgan fingerprint density at radius 1 is 1.65 bits per heavy atom. The maximum absolute atomic E-state index is 11.8. The number of carbonyl (C=O) groups excluding carboxylic acids is 1. The van der Waals surface area contributed by atoms with E-state index in [1.807, 2.05) is 19.1 Å². The van der Waals surface area contributed by atoms with Crippen molar-refractivity contribution in [3.8, 4) is 0 Å². The number of thiol groups is 1. The van der Waals surface area contributed by atoms with Crippen molar-refractivity contribution in [2.45, 2.75) is 38.6 Å². The fourth-order valence-corrected chi connectivity index (χ4v) is 2.44. The van der Waals surface area contributed by atoms with Gasteiger partial charge in [0.15, 0.2) is 0 Å². The summed E-state index contributed by atoms with van der Waals surface area (Å²) in [7, 11) is 0. The van der Waals surface area contributed by atoms with Crippen LogP contribution in [0.15, 0.2) is 22.8 Å². The van der Waals surface area contributed by atoms with E-state index in [1.54, 1.807) is 6.26 Å². The Morgan fingerprint density at radius 3 is 2.94 bits per heavy atom. The molecule has 1 aromatic heterocycles. The molecule has 94 valence electrons. The second kappa shape index (κ2) is 5.17. The van der Waals surface area contributed by atoms with E-state index in [-0.39, 0.29) is 17.4 Å². The van der Waals surface area contributed by atoms with Crippen LogP contribution >= 0.6 is 12.6 Å². The van der Waals surface area contributed by atoms with Crippen molar-refractivity contribution in [2.24, 2.45) is 5.41 Å². The highest BCUT2D eigenvalue weighted by Crippen LogP contribution is 2.49. The van der Waals surface area contributed by atoms with Gasteiger partial charge in [0.1, 0.15) is 5.76 Å². The average molecular weight is 253 g/mol. The summed E-state index contributed by atoms with van der Waals surface area (Å²) in [5.41, 5.74) is 0.192. The zero-order chi connectivity index (χ0) is 12.3. The summed E-state index contributed by atoms with van der Waals surface area (Å²) in [5.74, 6) is 1.86. The van der Waals surface area contributed by atoms with E-state index in [2.05, 4.69) is 17.9 Å². The van der Waals surface area contributed by atoms with E-state index in [1.165, 1.54) is 0 Å². The van der Waals surface area contributed by atoms with E-state index >= 15 is 0 Å². The molecule has 1 N–H and O–H groups in total. The van der Waals surface area contributed by atoms with Gasteiger partial charge in [-0.25, -0.2) is 0 Å². The van der Waals surface area contributed by atoms with Crippen LogP contribution in [0.5, 0.6) is 0 Å². The summed E-state index contributed by atoms with van der Waals surface area (Å²) in [5, 5.41) is 3.02. The third kappa shape index (κ3) is 3.53. The molecule has 1 fully saturated rings. The maximum atomic E-state index is 11.8. The van der Waals surface area contributed by atoms with Gasteiger partial charge in [0.25, 0.3) is 0 Å². The third-order valence-corrected chi connectivity index (χ3v) is 3.99. The molecule has 1 aliphatic carbocycles. The first-order valence-corrected chi connectivity index (χ1v) is 6.69. The minimum atomic E-state index is 0.115. The Kier molecular flexibility index (Phi) is 3.82. The Balaban J connectivity index is 1.74. The molecule has 1 unspecified atom stereocenters. The topological polar surface area (TPSA) is 42.2 Å². The van der Waals surface area contributed by atoms with Crippen LogP contribution in [-0.2, 0) is 11.2 Å². The lowest BCUT2D eigenvalue weighted by Gasteiger charge is -2.16. The number of amides is 1. The smallest absolute Gasteiger partial charge is 0.220 e. The highest BCUT2D eigenvalue weighted by Gasteiger charge is 2.42. The van der Waals surface area contributed by atoms with Crippen molar-refractivity contribution in [1.29, 1.82) is 0 Å². The minimum Gasteiger partial charge on any atom is -0.469 e. The van der Waals surface area contributed by atoms with Gasteiger partial charge in [0, 0.05) is 18.9 Å². The normalized spacial score (nSPS) is 18.7. The monoisotopic (exact) mass is 253 g/mol. The van der Waals surface area contributed by atoms with E-state index in [0.717, 1.165) is 30.8 Å². The number of carbonyl (C=O) groups is 1. The fourth-order valence-electron chi connectivity index (χ4n) is 2.02. The van der Waals surface area contributed by atoms with Crippen LogP contribution < -0.4 is 5.32 Å². The van der Waals surface area contributed by atoms with E-state index < -0.39 is 0 Å². The van der Waals surface area contributed by atoms with Crippen molar-refractivity contribution in [2.75, 3.05) is 5.75 Å². The minimum absolute atomic E-state index is 0.115. The second-order valence-electron chi connectivity index (χ2n) is 5.09. The highest BCUT2D eigenvalue weighted by molar-refractivity contribution is 7.80. The van der Waals surface area contributed by atoms with Gasteiger partial charge in [-0.2, -0.15) is 12.6 Å². The molecule has 1 amide bonds. The molecule has 4 heteroatoms. The molecule has 3 nitrogen and oxygen atoms in total. The summed E-state index contributed by atoms with van der Waals surface area (Å²) in [6, 6.07) is 3.91. The molecule has 0 bridgehead atoms. The molecule has 0 aromatic carbocycles. The Labute approximate surface area is 107 Å². The molecule has 0 spiro atoms. The van der Waals surface area contributed by atoms with Crippen molar-refractivity contribution in [3.05, 3.63) is 24.2 Å². The van der Waals surface area contributed by atoms with Gasteiger partial charge in [-0.05, 0) is 43.1 Å². The third-order valence-electron chi connectivity index (χ3n) is 3.32. The summed E-state index contributed by atoms with van der Waals surface area (Å²) in [4.78, 5) is 11.8. The largest absolute Gasteiger partial charge is 0.469 e. The molecule has 0 aliphatic heterocycles. The molecule has 1 aromatic rings. The van der Waals surface area contributed by atoms with Gasteiger partial charge < -0.3 is 9.73 Å². The van der Waals surface area contributed by atoms with Crippen molar-refractivity contribution in [1.82, 2.24) is 5.32 Å². The van der Waals surface area contributed by atoms with Crippen LogP contribution in [0, 0.1) is 5.41 Å².